The molecule has 0 saturated heterocycles. The van der Waals surface area contributed by atoms with Crippen molar-refractivity contribution in [2.45, 2.75) is 24.5 Å². The molecule has 24 heavy (non-hydrogen) atoms. The number of fused-ring (bicyclic) bond motifs is 1. The van der Waals surface area contributed by atoms with Crippen LogP contribution in [0.1, 0.15) is 18.4 Å². The maximum absolute atomic E-state index is 12.3. The van der Waals surface area contributed by atoms with Gasteiger partial charge in [0.05, 0.1) is 5.25 Å². The summed E-state index contributed by atoms with van der Waals surface area (Å²) in [6.07, 6.45) is 5.31. The Hall–Kier alpha value is -2.34. The van der Waals surface area contributed by atoms with E-state index in [1.165, 1.54) is 5.56 Å². The van der Waals surface area contributed by atoms with Crippen molar-refractivity contribution in [3.05, 3.63) is 54.4 Å². The molecule has 2 amide bonds. The fraction of sp³-hybridized carbons (Fsp3) is 0.278. The number of aromatic nitrogens is 1. The van der Waals surface area contributed by atoms with Gasteiger partial charge in [-0.25, -0.2) is 0 Å². The first-order chi connectivity index (χ1) is 11.7. The van der Waals surface area contributed by atoms with E-state index >= 15 is 0 Å². The highest BCUT2D eigenvalue weighted by Crippen LogP contribution is 2.27. The van der Waals surface area contributed by atoms with Crippen molar-refractivity contribution in [3.63, 3.8) is 0 Å². The molecular formula is C18H19N3O2S. The van der Waals surface area contributed by atoms with Crippen LogP contribution < -0.4 is 10.6 Å². The lowest BCUT2D eigenvalue weighted by atomic mass is 10.1. The minimum atomic E-state index is -0.119. The first kappa shape index (κ1) is 16.5. The van der Waals surface area contributed by atoms with Crippen LogP contribution in [-0.4, -0.2) is 27.8 Å². The smallest absolute Gasteiger partial charge is 0.237 e. The Morgan fingerprint density at radius 2 is 2.04 bits per heavy atom. The average Bonchev–Trinajstić information content (AvgIpc) is 2.75. The lowest BCUT2D eigenvalue weighted by molar-refractivity contribution is -0.116. The highest BCUT2D eigenvalue weighted by atomic mass is 32.2. The van der Waals surface area contributed by atoms with Crippen LogP contribution in [0.3, 0.4) is 0 Å². The maximum Gasteiger partial charge on any atom is 0.237 e. The number of rotatable bonds is 5. The Morgan fingerprint density at radius 1 is 1.25 bits per heavy atom. The molecule has 0 saturated carbocycles. The third-order valence-corrected chi connectivity index (χ3v) is 5.15. The number of para-hydroxylation sites is 1. The summed E-state index contributed by atoms with van der Waals surface area (Å²) >= 11 is 1.54. The minimum absolute atomic E-state index is 0.0273. The lowest BCUT2D eigenvalue weighted by Gasteiger charge is -2.12. The summed E-state index contributed by atoms with van der Waals surface area (Å²) < 4.78 is 0. The molecule has 0 radical (unpaired) electrons. The number of nitrogens with zero attached hydrogens (tertiary/aromatic N) is 1. The standard InChI is InChI=1S/C18H19N3O2S/c22-17(20-14-7-10-19-11-8-14)9-12-24-16-6-5-13-3-1-2-4-15(13)21-18(16)23/h1-4,7-8,10-11,16H,5-6,9,12H2,(H,21,23)(H,19,20,22). The van der Waals surface area contributed by atoms with Gasteiger partial charge < -0.3 is 10.6 Å². The first-order valence-corrected chi connectivity index (χ1v) is 8.97. The summed E-state index contributed by atoms with van der Waals surface area (Å²) in [5.74, 6) is 0.594. The van der Waals surface area contributed by atoms with Gasteiger partial charge in [0.25, 0.3) is 0 Å². The molecule has 124 valence electrons. The number of aryl methyl sites for hydroxylation is 1. The lowest BCUT2D eigenvalue weighted by Crippen LogP contribution is -2.24. The van der Waals surface area contributed by atoms with Gasteiger partial charge in [-0.1, -0.05) is 18.2 Å². The molecule has 1 aliphatic heterocycles. The van der Waals surface area contributed by atoms with Crippen molar-refractivity contribution >= 4 is 35.0 Å². The van der Waals surface area contributed by atoms with Crippen molar-refractivity contribution in [1.82, 2.24) is 4.98 Å². The van der Waals surface area contributed by atoms with Crippen LogP contribution in [0.15, 0.2) is 48.8 Å². The number of hydrogen-bond acceptors (Lipinski definition) is 4. The van der Waals surface area contributed by atoms with E-state index in [1.54, 1.807) is 36.3 Å². The number of pyridine rings is 1. The molecule has 5 nitrogen and oxygen atoms in total. The zero-order chi connectivity index (χ0) is 16.8. The highest BCUT2D eigenvalue weighted by Gasteiger charge is 2.23. The number of nitrogens with one attached hydrogen (secondary N) is 2. The quantitative estimate of drug-likeness (QED) is 0.877. The SMILES string of the molecule is O=C(CCSC1CCc2ccccc2NC1=O)Nc1ccncc1. The molecule has 6 heteroatoms. The summed E-state index contributed by atoms with van der Waals surface area (Å²) in [5, 5.41) is 5.69. The Morgan fingerprint density at radius 3 is 2.88 bits per heavy atom. The van der Waals surface area contributed by atoms with Gasteiger partial charge in [-0.2, -0.15) is 0 Å². The van der Waals surface area contributed by atoms with Crippen molar-refractivity contribution in [2.75, 3.05) is 16.4 Å². The van der Waals surface area contributed by atoms with E-state index < -0.39 is 0 Å². The minimum Gasteiger partial charge on any atom is -0.326 e. The maximum atomic E-state index is 12.3. The van der Waals surface area contributed by atoms with Crippen molar-refractivity contribution in [3.8, 4) is 0 Å². The third-order valence-electron chi connectivity index (χ3n) is 3.86. The summed E-state index contributed by atoms with van der Waals surface area (Å²) in [4.78, 5) is 28.2. The number of carbonyl (C=O) groups excluding carboxylic acids is 2. The molecule has 0 bridgehead atoms. The van der Waals surface area contributed by atoms with Crippen LogP contribution in [0.5, 0.6) is 0 Å². The summed E-state index contributed by atoms with van der Waals surface area (Å²) in [6, 6.07) is 11.4. The van der Waals surface area contributed by atoms with Crippen LogP contribution in [-0.2, 0) is 16.0 Å². The molecule has 2 heterocycles. The Balaban J connectivity index is 1.47. The van der Waals surface area contributed by atoms with Crippen molar-refractivity contribution < 1.29 is 9.59 Å². The largest absolute Gasteiger partial charge is 0.326 e. The fourth-order valence-corrected chi connectivity index (χ4v) is 3.69. The molecular weight excluding hydrogens is 322 g/mol. The third kappa shape index (κ3) is 4.35. The molecule has 1 unspecified atom stereocenters. The molecule has 1 aromatic heterocycles. The number of hydrogen-bond donors (Lipinski definition) is 2. The molecule has 1 aliphatic rings. The van der Waals surface area contributed by atoms with Crippen LogP contribution >= 0.6 is 11.8 Å². The van der Waals surface area contributed by atoms with Gasteiger partial charge in [0.15, 0.2) is 0 Å². The number of carbonyl (C=O) groups is 2. The summed E-state index contributed by atoms with van der Waals surface area (Å²) in [5.41, 5.74) is 2.81. The van der Waals surface area contributed by atoms with E-state index in [0.717, 1.165) is 24.2 Å². The number of anilines is 2. The van der Waals surface area contributed by atoms with Gasteiger partial charge in [-0.3, -0.25) is 14.6 Å². The predicted octanol–water partition coefficient (Wildman–Crippen LogP) is 3.10. The normalized spacial score (nSPS) is 16.7. The topological polar surface area (TPSA) is 71.1 Å². The first-order valence-electron chi connectivity index (χ1n) is 7.92. The molecule has 2 aromatic rings. The van der Waals surface area contributed by atoms with E-state index in [1.807, 2.05) is 24.3 Å². The highest BCUT2D eigenvalue weighted by molar-refractivity contribution is 8.00. The molecule has 0 spiro atoms. The van der Waals surface area contributed by atoms with Crippen LogP contribution in [0.25, 0.3) is 0 Å². The monoisotopic (exact) mass is 341 g/mol. The molecule has 1 aromatic carbocycles. The van der Waals surface area contributed by atoms with Crippen LogP contribution in [0.2, 0.25) is 0 Å². The second-order valence-corrected chi connectivity index (χ2v) is 6.89. The van der Waals surface area contributed by atoms with Gasteiger partial charge in [0, 0.05) is 35.9 Å². The Kier molecular flexibility index (Phi) is 5.48. The van der Waals surface area contributed by atoms with E-state index in [-0.39, 0.29) is 17.1 Å². The Bertz CT molecular complexity index is 721. The van der Waals surface area contributed by atoms with Gasteiger partial charge in [0.1, 0.15) is 0 Å². The van der Waals surface area contributed by atoms with E-state index in [4.69, 9.17) is 0 Å². The zero-order valence-electron chi connectivity index (χ0n) is 13.2. The van der Waals surface area contributed by atoms with E-state index in [9.17, 15) is 9.59 Å². The second kappa shape index (κ2) is 7.97. The predicted molar refractivity (Wildman–Crippen MR) is 97.1 cm³/mol. The average molecular weight is 341 g/mol. The van der Waals surface area contributed by atoms with Crippen LogP contribution in [0, 0.1) is 0 Å². The second-order valence-electron chi connectivity index (χ2n) is 5.58. The molecule has 3 rings (SSSR count). The van der Waals surface area contributed by atoms with Crippen molar-refractivity contribution in [2.24, 2.45) is 0 Å². The van der Waals surface area contributed by atoms with E-state index in [2.05, 4.69) is 15.6 Å². The molecule has 0 fully saturated rings. The zero-order valence-corrected chi connectivity index (χ0v) is 14.0. The number of amides is 2. The fourth-order valence-electron chi connectivity index (χ4n) is 2.60. The van der Waals surface area contributed by atoms with Gasteiger partial charge >= 0.3 is 0 Å². The summed E-state index contributed by atoms with van der Waals surface area (Å²) in [6.45, 7) is 0. The summed E-state index contributed by atoms with van der Waals surface area (Å²) in [7, 11) is 0. The number of thioether (sulfide) groups is 1. The van der Waals surface area contributed by atoms with Gasteiger partial charge in [0.2, 0.25) is 11.8 Å². The van der Waals surface area contributed by atoms with Gasteiger partial charge in [-0.15, -0.1) is 11.8 Å². The van der Waals surface area contributed by atoms with E-state index in [0.29, 0.717) is 12.2 Å². The molecule has 2 N–H and O–H groups in total. The molecule has 0 aliphatic carbocycles. The molecule has 1 atom stereocenters. The Labute approximate surface area is 145 Å². The van der Waals surface area contributed by atoms with Crippen molar-refractivity contribution in [1.29, 1.82) is 0 Å². The van der Waals surface area contributed by atoms with Gasteiger partial charge in [-0.05, 0) is 36.6 Å². The number of benzene rings is 1. The van der Waals surface area contributed by atoms with Crippen LogP contribution in [0.4, 0.5) is 11.4 Å².